The van der Waals surface area contributed by atoms with E-state index < -0.39 is 5.91 Å². The first-order valence-corrected chi connectivity index (χ1v) is 6.82. The molecule has 5 nitrogen and oxygen atoms in total. The van der Waals surface area contributed by atoms with E-state index in [1.165, 1.54) is 7.11 Å². The number of benzene rings is 1. The molecule has 0 unspecified atom stereocenters. The number of ether oxygens (including phenoxy) is 1. The van der Waals surface area contributed by atoms with Crippen LogP contribution in [0.3, 0.4) is 0 Å². The molecule has 1 aliphatic heterocycles. The van der Waals surface area contributed by atoms with E-state index in [2.05, 4.69) is 4.90 Å². The van der Waals surface area contributed by atoms with Gasteiger partial charge >= 0.3 is 5.97 Å². The van der Waals surface area contributed by atoms with E-state index in [-0.39, 0.29) is 12.0 Å². The molecule has 2 N–H and O–H groups in total. The molecule has 0 bridgehead atoms. The Kier molecular flexibility index (Phi) is 4.74. The van der Waals surface area contributed by atoms with Crippen molar-refractivity contribution < 1.29 is 14.3 Å². The van der Waals surface area contributed by atoms with Crippen LogP contribution in [0.4, 0.5) is 0 Å². The van der Waals surface area contributed by atoms with Crippen molar-refractivity contribution in [2.24, 2.45) is 5.73 Å². The third-order valence-corrected chi connectivity index (χ3v) is 3.68. The Balaban J connectivity index is 2.12. The Bertz CT molecular complexity index is 502. The Morgan fingerprint density at radius 3 is 2.90 bits per heavy atom. The van der Waals surface area contributed by atoms with Crippen LogP contribution >= 0.6 is 0 Å². The minimum absolute atomic E-state index is 0.184. The predicted octanol–water partition coefficient (Wildman–Crippen LogP) is 1.31. The van der Waals surface area contributed by atoms with Crippen molar-refractivity contribution in [2.75, 3.05) is 13.7 Å². The van der Waals surface area contributed by atoms with Gasteiger partial charge in [-0.15, -0.1) is 0 Å². The summed E-state index contributed by atoms with van der Waals surface area (Å²) < 4.78 is 4.86. The smallest absolute Gasteiger partial charge is 0.323 e. The number of likely N-dealkylation sites (tertiary alicyclic amines) is 1. The zero-order valence-electron chi connectivity index (χ0n) is 11.7. The van der Waals surface area contributed by atoms with Gasteiger partial charge in [-0.3, -0.25) is 14.5 Å². The number of primary amides is 1. The topological polar surface area (TPSA) is 72.6 Å². The van der Waals surface area contributed by atoms with E-state index in [1.807, 2.05) is 12.1 Å². The fourth-order valence-electron chi connectivity index (χ4n) is 2.64. The number of carbonyl (C=O) groups excluding carboxylic acids is 2. The second kappa shape index (κ2) is 6.52. The normalized spacial score (nSPS) is 19.6. The number of hydrogen-bond donors (Lipinski definition) is 1. The number of rotatable bonds is 4. The standard InChI is InChI=1S/C15H20N2O3/c1-20-15(19)13-7-2-3-8-17(13)10-11-5-4-6-12(9-11)14(16)18/h4-6,9,13H,2-3,7-8,10H2,1H3,(H2,16,18)/t13-/m1/s1. The lowest BCUT2D eigenvalue weighted by molar-refractivity contribution is -0.148. The Morgan fingerprint density at radius 2 is 2.20 bits per heavy atom. The summed E-state index contributed by atoms with van der Waals surface area (Å²) in [5, 5.41) is 0. The van der Waals surface area contributed by atoms with Crippen molar-refractivity contribution >= 4 is 11.9 Å². The molecule has 1 saturated heterocycles. The average Bonchev–Trinajstić information content (AvgIpc) is 2.47. The van der Waals surface area contributed by atoms with E-state index >= 15 is 0 Å². The number of piperidine rings is 1. The van der Waals surface area contributed by atoms with Gasteiger partial charge in [-0.2, -0.15) is 0 Å². The van der Waals surface area contributed by atoms with E-state index in [9.17, 15) is 9.59 Å². The zero-order chi connectivity index (χ0) is 14.5. The molecule has 1 fully saturated rings. The van der Waals surface area contributed by atoms with Crippen LogP contribution in [0.5, 0.6) is 0 Å². The first kappa shape index (κ1) is 14.5. The molecule has 2 rings (SSSR count). The second-order valence-corrected chi connectivity index (χ2v) is 5.07. The zero-order valence-corrected chi connectivity index (χ0v) is 11.7. The molecule has 1 aliphatic rings. The highest BCUT2D eigenvalue weighted by molar-refractivity contribution is 5.92. The molecule has 0 aliphatic carbocycles. The summed E-state index contributed by atoms with van der Waals surface area (Å²) in [5.41, 5.74) is 6.76. The maximum absolute atomic E-state index is 11.8. The van der Waals surface area contributed by atoms with Crippen molar-refractivity contribution in [1.82, 2.24) is 4.90 Å². The molecule has 1 atom stereocenters. The van der Waals surface area contributed by atoms with Gasteiger partial charge in [0, 0.05) is 12.1 Å². The molecule has 1 aromatic carbocycles. The second-order valence-electron chi connectivity index (χ2n) is 5.07. The third kappa shape index (κ3) is 3.36. The summed E-state index contributed by atoms with van der Waals surface area (Å²) in [6, 6.07) is 7.04. The number of hydrogen-bond acceptors (Lipinski definition) is 4. The molecule has 0 spiro atoms. The fourth-order valence-corrected chi connectivity index (χ4v) is 2.64. The first-order valence-electron chi connectivity index (χ1n) is 6.82. The molecule has 0 saturated carbocycles. The van der Waals surface area contributed by atoms with Crippen LogP contribution in [-0.4, -0.2) is 36.5 Å². The fraction of sp³-hybridized carbons (Fsp3) is 0.467. The molecule has 1 aromatic rings. The lowest BCUT2D eigenvalue weighted by Crippen LogP contribution is -2.44. The number of nitrogens with two attached hydrogens (primary N) is 1. The quantitative estimate of drug-likeness (QED) is 0.842. The van der Waals surface area contributed by atoms with E-state index in [4.69, 9.17) is 10.5 Å². The van der Waals surface area contributed by atoms with E-state index in [1.54, 1.807) is 12.1 Å². The van der Waals surface area contributed by atoms with Gasteiger partial charge in [0.2, 0.25) is 5.91 Å². The van der Waals surface area contributed by atoms with E-state index in [0.29, 0.717) is 12.1 Å². The highest BCUT2D eigenvalue weighted by atomic mass is 16.5. The summed E-state index contributed by atoms with van der Waals surface area (Å²) >= 11 is 0. The van der Waals surface area contributed by atoms with Gasteiger partial charge in [-0.25, -0.2) is 0 Å². The molecule has 0 radical (unpaired) electrons. The summed E-state index contributed by atoms with van der Waals surface area (Å²) in [6.45, 7) is 1.49. The lowest BCUT2D eigenvalue weighted by atomic mass is 10.0. The van der Waals surface area contributed by atoms with Gasteiger partial charge in [0.05, 0.1) is 7.11 Å². The highest BCUT2D eigenvalue weighted by Gasteiger charge is 2.29. The van der Waals surface area contributed by atoms with Gasteiger partial charge in [0.1, 0.15) is 6.04 Å². The largest absolute Gasteiger partial charge is 0.468 e. The molecule has 20 heavy (non-hydrogen) atoms. The average molecular weight is 276 g/mol. The Hall–Kier alpha value is -1.88. The van der Waals surface area contributed by atoms with E-state index in [0.717, 1.165) is 31.4 Å². The Morgan fingerprint density at radius 1 is 1.40 bits per heavy atom. The van der Waals surface area contributed by atoms with Crippen LogP contribution < -0.4 is 5.73 Å². The SMILES string of the molecule is COC(=O)[C@H]1CCCCN1Cc1cccc(C(N)=O)c1. The number of amides is 1. The highest BCUT2D eigenvalue weighted by Crippen LogP contribution is 2.21. The number of esters is 1. The van der Waals surface area contributed by atoms with Gasteiger partial charge in [-0.1, -0.05) is 18.6 Å². The molecule has 5 heteroatoms. The van der Waals surface area contributed by atoms with Crippen molar-refractivity contribution in [3.63, 3.8) is 0 Å². The summed E-state index contributed by atoms with van der Waals surface area (Å²) in [7, 11) is 1.42. The van der Waals surface area contributed by atoms with Crippen LogP contribution in [0.2, 0.25) is 0 Å². The van der Waals surface area contributed by atoms with Gasteiger partial charge in [0.25, 0.3) is 0 Å². The molecular formula is C15H20N2O3. The van der Waals surface area contributed by atoms with Crippen LogP contribution in [0.1, 0.15) is 35.2 Å². The van der Waals surface area contributed by atoms with Crippen LogP contribution in [0.15, 0.2) is 24.3 Å². The van der Waals surface area contributed by atoms with Crippen LogP contribution in [-0.2, 0) is 16.1 Å². The lowest BCUT2D eigenvalue weighted by Gasteiger charge is -2.33. The minimum atomic E-state index is -0.435. The van der Waals surface area contributed by atoms with Gasteiger partial charge in [-0.05, 0) is 37.1 Å². The van der Waals surface area contributed by atoms with Crippen molar-refractivity contribution in [3.8, 4) is 0 Å². The molecule has 1 amide bonds. The predicted molar refractivity (Wildman–Crippen MR) is 75.0 cm³/mol. The summed E-state index contributed by atoms with van der Waals surface area (Å²) in [5.74, 6) is -0.620. The van der Waals surface area contributed by atoms with Crippen LogP contribution in [0, 0.1) is 0 Å². The Labute approximate surface area is 118 Å². The minimum Gasteiger partial charge on any atom is -0.468 e. The molecule has 0 aromatic heterocycles. The number of methoxy groups -OCH3 is 1. The van der Waals surface area contributed by atoms with Crippen LogP contribution in [0.25, 0.3) is 0 Å². The maximum atomic E-state index is 11.8. The third-order valence-electron chi connectivity index (χ3n) is 3.68. The van der Waals surface area contributed by atoms with Crippen molar-refractivity contribution in [3.05, 3.63) is 35.4 Å². The number of carbonyl (C=O) groups is 2. The first-order chi connectivity index (χ1) is 9.61. The summed E-state index contributed by atoms with van der Waals surface area (Å²) in [6.07, 6.45) is 2.93. The van der Waals surface area contributed by atoms with Crippen molar-refractivity contribution in [2.45, 2.75) is 31.8 Å². The molecule has 1 heterocycles. The summed E-state index contributed by atoms with van der Waals surface area (Å²) in [4.78, 5) is 25.1. The van der Waals surface area contributed by atoms with Crippen molar-refractivity contribution in [1.29, 1.82) is 0 Å². The van der Waals surface area contributed by atoms with Gasteiger partial charge in [0.15, 0.2) is 0 Å². The molecular weight excluding hydrogens is 256 g/mol. The van der Waals surface area contributed by atoms with Gasteiger partial charge < -0.3 is 10.5 Å². The maximum Gasteiger partial charge on any atom is 0.323 e. The monoisotopic (exact) mass is 276 g/mol. The molecule has 108 valence electrons. The number of nitrogens with zero attached hydrogens (tertiary/aromatic N) is 1.